The second-order valence-corrected chi connectivity index (χ2v) is 8.39. The highest BCUT2D eigenvalue weighted by Gasteiger charge is 2.61. The van der Waals surface area contributed by atoms with E-state index in [1.807, 2.05) is 0 Å². The van der Waals surface area contributed by atoms with Crippen LogP contribution in [0.5, 0.6) is 5.75 Å². The van der Waals surface area contributed by atoms with E-state index in [1.54, 1.807) is 12.1 Å². The van der Waals surface area contributed by atoms with E-state index in [-0.39, 0.29) is 0 Å². The molecule has 0 radical (unpaired) electrons. The van der Waals surface area contributed by atoms with Crippen LogP contribution in [-0.4, -0.2) is 12.3 Å². The van der Waals surface area contributed by atoms with Gasteiger partial charge in [-0.2, -0.15) is 22.0 Å². The van der Waals surface area contributed by atoms with Gasteiger partial charge >= 0.3 is 12.3 Å². The zero-order valence-electron chi connectivity index (χ0n) is 17.2. The number of rotatable bonds is 11. The van der Waals surface area contributed by atoms with Crippen molar-refractivity contribution >= 4 is 0 Å². The van der Waals surface area contributed by atoms with E-state index in [2.05, 4.69) is 11.7 Å². The van der Waals surface area contributed by atoms with Gasteiger partial charge in [-0.15, -0.1) is 0 Å². The first kappa shape index (κ1) is 23.9. The van der Waals surface area contributed by atoms with Gasteiger partial charge in [-0.3, -0.25) is 0 Å². The predicted molar refractivity (Wildman–Crippen MR) is 105 cm³/mol. The van der Waals surface area contributed by atoms with Gasteiger partial charge in [-0.25, -0.2) is 0 Å². The lowest BCUT2D eigenvalue weighted by atomic mass is 9.78. The maximum absolute atomic E-state index is 12.9. The highest BCUT2D eigenvalue weighted by Crippen LogP contribution is 2.37. The number of hydrogen-bond acceptors (Lipinski definition) is 1. The topological polar surface area (TPSA) is 9.23 Å². The Morgan fingerprint density at radius 3 is 1.90 bits per heavy atom. The number of hydrogen-bond donors (Lipinski definition) is 0. The van der Waals surface area contributed by atoms with Crippen molar-refractivity contribution in [3.8, 4) is 5.75 Å². The Balaban J connectivity index is 1.67. The fraction of sp³-hybridized carbons (Fsp3) is 0.739. The first-order valence-electron chi connectivity index (χ1n) is 10.9. The summed E-state index contributed by atoms with van der Waals surface area (Å²) in [5, 5.41) is 0. The maximum atomic E-state index is 12.9. The molecule has 1 nitrogen and oxygen atoms in total. The Hall–Kier alpha value is -1.33. The largest absolute Gasteiger partial charge is 0.499 e. The molecule has 1 aromatic rings. The van der Waals surface area contributed by atoms with Crippen LogP contribution in [-0.2, 0) is 6.42 Å². The second kappa shape index (κ2) is 11.2. The van der Waals surface area contributed by atoms with Gasteiger partial charge in [-0.1, -0.05) is 83.3 Å². The highest BCUT2D eigenvalue weighted by molar-refractivity contribution is 5.27. The van der Waals surface area contributed by atoms with E-state index < -0.39 is 18.0 Å². The first-order chi connectivity index (χ1) is 13.7. The van der Waals surface area contributed by atoms with Crippen molar-refractivity contribution in [1.82, 2.24) is 0 Å². The normalized spacial score (nSPS) is 20.6. The van der Waals surface area contributed by atoms with Gasteiger partial charge in [0.05, 0.1) is 0 Å². The van der Waals surface area contributed by atoms with Crippen molar-refractivity contribution < 1.29 is 26.7 Å². The summed E-state index contributed by atoms with van der Waals surface area (Å²) in [4.78, 5) is 0. The van der Waals surface area contributed by atoms with Crippen LogP contribution in [0.4, 0.5) is 22.0 Å². The second-order valence-electron chi connectivity index (χ2n) is 8.39. The van der Waals surface area contributed by atoms with Gasteiger partial charge < -0.3 is 4.74 Å². The molecule has 0 spiro atoms. The van der Waals surface area contributed by atoms with Crippen molar-refractivity contribution in [1.29, 1.82) is 0 Å². The molecular weight excluding hydrogens is 387 g/mol. The monoisotopic (exact) mass is 420 g/mol. The molecule has 0 aromatic heterocycles. The molecule has 0 atom stereocenters. The summed E-state index contributed by atoms with van der Waals surface area (Å²) >= 11 is 0. The molecule has 1 saturated carbocycles. The van der Waals surface area contributed by atoms with Crippen molar-refractivity contribution in [2.45, 2.75) is 96.3 Å². The van der Waals surface area contributed by atoms with Crippen molar-refractivity contribution in [3.05, 3.63) is 29.8 Å². The molecule has 1 fully saturated rings. The van der Waals surface area contributed by atoms with Gasteiger partial charge in [0.2, 0.25) is 0 Å². The van der Waals surface area contributed by atoms with Crippen LogP contribution >= 0.6 is 0 Å². The summed E-state index contributed by atoms with van der Waals surface area (Å²) < 4.78 is 66.3. The molecule has 0 amide bonds. The van der Waals surface area contributed by atoms with Crippen molar-refractivity contribution in [2.24, 2.45) is 11.8 Å². The van der Waals surface area contributed by atoms with E-state index in [0.29, 0.717) is 5.92 Å². The molecule has 1 aromatic carbocycles. The van der Waals surface area contributed by atoms with Crippen LogP contribution in [0.2, 0.25) is 0 Å². The zero-order valence-corrected chi connectivity index (χ0v) is 17.2. The first-order valence-corrected chi connectivity index (χ1v) is 10.9. The van der Waals surface area contributed by atoms with Crippen molar-refractivity contribution in [2.75, 3.05) is 0 Å². The number of halogens is 5. The summed E-state index contributed by atoms with van der Waals surface area (Å²) in [6.07, 6.45) is 4.00. The fourth-order valence-electron chi connectivity index (χ4n) is 4.15. The summed E-state index contributed by atoms with van der Waals surface area (Å²) in [5.74, 6) is 1.06. The average molecular weight is 421 g/mol. The third kappa shape index (κ3) is 8.13. The summed E-state index contributed by atoms with van der Waals surface area (Å²) in [5.41, 5.74) is 0.936. The van der Waals surface area contributed by atoms with Gasteiger partial charge in [0.25, 0.3) is 0 Å². The fourth-order valence-corrected chi connectivity index (χ4v) is 4.15. The highest BCUT2D eigenvalue weighted by atomic mass is 19.4. The SMILES string of the molecule is CCCCCCCC1CCC(CCc2ccc(OC(F)(F)C(F)(F)F)cc2)CC1. The molecule has 6 heteroatoms. The number of aryl methyl sites for hydroxylation is 1. The molecular formula is C23H33F5O. The van der Waals surface area contributed by atoms with Crippen LogP contribution < -0.4 is 4.74 Å². The molecule has 0 saturated heterocycles. The van der Waals surface area contributed by atoms with Gasteiger partial charge in [-0.05, 0) is 42.4 Å². The average Bonchev–Trinajstić information content (AvgIpc) is 2.67. The van der Waals surface area contributed by atoms with Crippen LogP contribution in [0.25, 0.3) is 0 Å². The van der Waals surface area contributed by atoms with Gasteiger partial charge in [0.15, 0.2) is 0 Å². The lowest BCUT2D eigenvalue weighted by Gasteiger charge is -2.28. The summed E-state index contributed by atoms with van der Waals surface area (Å²) in [7, 11) is 0. The van der Waals surface area contributed by atoms with E-state index >= 15 is 0 Å². The molecule has 2 rings (SSSR count). The summed E-state index contributed by atoms with van der Waals surface area (Å²) in [6, 6.07) is 5.52. The Kier molecular flexibility index (Phi) is 9.22. The predicted octanol–water partition coefficient (Wildman–Crippen LogP) is 8.32. The zero-order chi connectivity index (χ0) is 21.3. The number of benzene rings is 1. The minimum atomic E-state index is -5.72. The molecule has 1 aliphatic rings. The van der Waals surface area contributed by atoms with E-state index in [4.69, 9.17) is 0 Å². The van der Waals surface area contributed by atoms with E-state index in [1.165, 1.54) is 76.3 Å². The standard InChI is InChI=1S/C23H33F5O/c1-2-3-4-5-6-7-18-8-10-19(11-9-18)12-13-20-14-16-21(17-15-20)29-23(27,28)22(24,25)26/h14-19H,2-13H2,1H3. The Bertz CT molecular complexity index is 574. The van der Waals surface area contributed by atoms with Crippen LogP contribution in [0.3, 0.4) is 0 Å². The molecule has 0 N–H and O–H groups in total. The van der Waals surface area contributed by atoms with Crippen LogP contribution in [0.15, 0.2) is 24.3 Å². The number of ether oxygens (including phenoxy) is 1. The van der Waals surface area contributed by atoms with Gasteiger partial charge in [0, 0.05) is 0 Å². The van der Waals surface area contributed by atoms with Crippen molar-refractivity contribution in [3.63, 3.8) is 0 Å². The smallest absolute Gasteiger partial charge is 0.426 e. The molecule has 166 valence electrons. The third-order valence-electron chi connectivity index (χ3n) is 6.02. The Morgan fingerprint density at radius 2 is 1.34 bits per heavy atom. The molecule has 0 heterocycles. The lowest BCUT2D eigenvalue weighted by molar-refractivity contribution is -0.360. The third-order valence-corrected chi connectivity index (χ3v) is 6.02. The van der Waals surface area contributed by atoms with Crippen LogP contribution in [0.1, 0.15) is 83.1 Å². The molecule has 0 unspecified atom stereocenters. The Labute approximate surface area is 171 Å². The minimum absolute atomic E-state index is 0.476. The quantitative estimate of drug-likeness (QED) is 0.258. The summed E-state index contributed by atoms with van der Waals surface area (Å²) in [6.45, 7) is 2.23. The molecule has 0 aliphatic heterocycles. The van der Waals surface area contributed by atoms with Gasteiger partial charge in [0.1, 0.15) is 5.75 Å². The van der Waals surface area contributed by atoms with Crippen LogP contribution in [0, 0.1) is 11.8 Å². The minimum Gasteiger partial charge on any atom is -0.426 e. The molecule has 0 bridgehead atoms. The maximum Gasteiger partial charge on any atom is 0.499 e. The number of unbranched alkanes of at least 4 members (excludes halogenated alkanes) is 4. The van der Waals surface area contributed by atoms with E-state index in [0.717, 1.165) is 24.3 Å². The Morgan fingerprint density at radius 1 is 0.793 bits per heavy atom. The lowest BCUT2D eigenvalue weighted by Crippen LogP contribution is -2.41. The number of alkyl halides is 5. The molecule has 1 aliphatic carbocycles. The molecule has 29 heavy (non-hydrogen) atoms. The van der Waals surface area contributed by atoms with E-state index in [9.17, 15) is 22.0 Å².